The molecule has 0 aliphatic heterocycles. The predicted octanol–water partition coefficient (Wildman–Crippen LogP) is 2.17. The normalized spacial score (nSPS) is 10.4. The predicted molar refractivity (Wildman–Crippen MR) is 63.6 cm³/mol. The lowest BCUT2D eigenvalue weighted by molar-refractivity contribution is 0.427. The number of phenolic OH excluding ortho intramolecular Hbond substituents is 1. The smallest absolute Gasteiger partial charge is 0.115 e. The fourth-order valence-corrected chi connectivity index (χ4v) is 1.53. The highest BCUT2D eigenvalue weighted by atomic mass is 19.1. The Hall–Kier alpha value is -2.04. The standard InChI is InChI=1S/C12H14FN3O/c13-4-5-16-9-11(8-15-16)14-7-10-2-1-3-12(17)6-10/h1-3,6,8-9,14,17H,4-5,7H2. The van der Waals surface area contributed by atoms with Crippen molar-refractivity contribution in [2.24, 2.45) is 0 Å². The first kappa shape index (κ1) is 11.4. The SMILES string of the molecule is Oc1cccc(CNc2cnn(CCF)c2)c1. The van der Waals surface area contributed by atoms with Gasteiger partial charge in [0.05, 0.1) is 18.4 Å². The van der Waals surface area contributed by atoms with Crippen molar-refractivity contribution in [3.8, 4) is 5.75 Å². The van der Waals surface area contributed by atoms with Gasteiger partial charge in [0.15, 0.2) is 0 Å². The molecule has 17 heavy (non-hydrogen) atoms. The first-order chi connectivity index (χ1) is 8.28. The number of nitrogens with one attached hydrogen (secondary N) is 1. The van der Waals surface area contributed by atoms with Gasteiger partial charge in [-0.3, -0.25) is 4.68 Å². The van der Waals surface area contributed by atoms with Gasteiger partial charge in [-0.2, -0.15) is 5.10 Å². The zero-order valence-corrected chi connectivity index (χ0v) is 9.31. The van der Waals surface area contributed by atoms with Gasteiger partial charge in [0.1, 0.15) is 12.4 Å². The number of anilines is 1. The summed E-state index contributed by atoms with van der Waals surface area (Å²) in [4.78, 5) is 0. The molecule has 2 N–H and O–H groups in total. The summed E-state index contributed by atoms with van der Waals surface area (Å²) in [5, 5.41) is 16.4. The average molecular weight is 235 g/mol. The maximum absolute atomic E-state index is 12.1. The van der Waals surface area contributed by atoms with E-state index in [1.54, 1.807) is 35.3 Å². The minimum atomic E-state index is -0.423. The van der Waals surface area contributed by atoms with Crippen molar-refractivity contribution in [2.75, 3.05) is 12.0 Å². The molecule has 0 saturated carbocycles. The van der Waals surface area contributed by atoms with Gasteiger partial charge in [0.25, 0.3) is 0 Å². The van der Waals surface area contributed by atoms with E-state index in [1.165, 1.54) is 0 Å². The van der Waals surface area contributed by atoms with E-state index < -0.39 is 6.67 Å². The number of hydrogen-bond acceptors (Lipinski definition) is 3. The second-order valence-electron chi connectivity index (χ2n) is 3.70. The minimum absolute atomic E-state index is 0.248. The summed E-state index contributed by atoms with van der Waals surface area (Å²) in [6.45, 7) is 0.442. The molecule has 4 nitrogen and oxygen atoms in total. The van der Waals surface area contributed by atoms with Gasteiger partial charge in [0.2, 0.25) is 0 Å². The van der Waals surface area contributed by atoms with Crippen LogP contribution in [0.2, 0.25) is 0 Å². The molecule has 1 aromatic carbocycles. The van der Waals surface area contributed by atoms with Crippen molar-refractivity contribution in [3.63, 3.8) is 0 Å². The summed E-state index contributed by atoms with van der Waals surface area (Å²) < 4.78 is 13.6. The molecule has 0 radical (unpaired) electrons. The number of alkyl halides is 1. The number of halogens is 1. The first-order valence-corrected chi connectivity index (χ1v) is 5.38. The molecule has 2 aromatic rings. The number of phenols is 1. The fraction of sp³-hybridized carbons (Fsp3) is 0.250. The van der Waals surface area contributed by atoms with Gasteiger partial charge in [-0.1, -0.05) is 12.1 Å². The lowest BCUT2D eigenvalue weighted by Gasteiger charge is -2.03. The molecule has 0 bridgehead atoms. The Morgan fingerprint density at radius 1 is 1.41 bits per heavy atom. The molecule has 0 amide bonds. The zero-order chi connectivity index (χ0) is 12.1. The van der Waals surface area contributed by atoms with Crippen LogP contribution in [0.15, 0.2) is 36.7 Å². The molecule has 90 valence electrons. The van der Waals surface area contributed by atoms with E-state index in [0.29, 0.717) is 6.54 Å². The molecule has 0 spiro atoms. The molecule has 0 fully saturated rings. The first-order valence-electron chi connectivity index (χ1n) is 5.38. The summed E-state index contributed by atoms with van der Waals surface area (Å²) in [6.07, 6.45) is 3.40. The van der Waals surface area contributed by atoms with Gasteiger partial charge in [-0.05, 0) is 17.7 Å². The molecule has 0 aliphatic rings. The Kier molecular flexibility index (Phi) is 3.59. The third-order valence-electron chi connectivity index (χ3n) is 2.35. The van der Waals surface area contributed by atoms with E-state index in [9.17, 15) is 9.50 Å². The Balaban J connectivity index is 1.93. The van der Waals surface area contributed by atoms with Crippen LogP contribution in [0.1, 0.15) is 5.56 Å². The van der Waals surface area contributed by atoms with Crippen LogP contribution in [0.5, 0.6) is 5.75 Å². The molecule has 0 unspecified atom stereocenters. The molecule has 1 heterocycles. The van der Waals surface area contributed by atoms with E-state index in [0.717, 1.165) is 11.3 Å². The van der Waals surface area contributed by atoms with Crippen LogP contribution in [0, 0.1) is 0 Å². The maximum atomic E-state index is 12.1. The van der Waals surface area contributed by atoms with Crippen molar-refractivity contribution in [1.29, 1.82) is 0 Å². The van der Waals surface area contributed by atoms with Gasteiger partial charge in [0, 0.05) is 12.7 Å². The third-order valence-corrected chi connectivity index (χ3v) is 2.35. The molecule has 0 atom stereocenters. The van der Waals surface area contributed by atoms with Crippen LogP contribution in [0.3, 0.4) is 0 Å². The van der Waals surface area contributed by atoms with Gasteiger partial charge < -0.3 is 10.4 Å². The summed E-state index contributed by atoms with van der Waals surface area (Å²) in [5.74, 6) is 0.248. The van der Waals surface area contributed by atoms with Crippen LogP contribution in [0.4, 0.5) is 10.1 Å². The lowest BCUT2D eigenvalue weighted by Crippen LogP contribution is -2.00. The van der Waals surface area contributed by atoms with E-state index in [4.69, 9.17) is 0 Å². The largest absolute Gasteiger partial charge is 0.508 e. The van der Waals surface area contributed by atoms with E-state index >= 15 is 0 Å². The lowest BCUT2D eigenvalue weighted by atomic mass is 10.2. The molecular weight excluding hydrogens is 221 g/mol. The number of aromatic hydroxyl groups is 1. The summed E-state index contributed by atoms with van der Waals surface area (Å²) in [6, 6.07) is 7.03. The number of rotatable bonds is 5. The summed E-state index contributed by atoms with van der Waals surface area (Å²) in [5.41, 5.74) is 1.81. The zero-order valence-electron chi connectivity index (χ0n) is 9.31. The van der Waals surface area contributed by atoms with Crippen molar-refractivity contribution in [1.82, 2.24) is 9.78 Å². The van der Waals surface area contributed by atoms with Gasteiger partial charge in [-0.25, -0.2) is 4.39 Å². The fourth-order valence-electron chi connectivity index (χ4n) is 1.53. The van der Waals surface area contributed by atoms with E-state index in [-0.39, 0.29) is 12.3 Å². The second kappa shape index (κ2) is 5.34. The average Bonchev–Trinajstić information content (AvgIpc) is 2.75. The Morgan fingerprint density at radius 3 is 3.06 bits per heavy atom. The molecule has 2 rings (SSSR count). The van der Waals surface area contributed by atoms with E-state index in [2.05, 4.69) is 10.4 Å². The monoisotopic (exact) mass is 235 g/mol. The van der Waals surface area contributed by atoms with Crippen LogP contribution in [0.25, 0.3) is 0 Å². The molecule has 0 saturated heterocycles. The topological polar surface area (TPSA) is 50.1 Å². The van der Waals surface area contributed by atoms with Crippen molar-refractivity contribution < 1.29 is 9.50 Å². The second-order valence-corrected chi connectivity index (χ2v) is 3.70. The Morgan fingerprint density at radius 2 is 2.29 bits per heavy atom. The van der Waals surface area contributed by atoms with Crippen molar-refractivity contribution >= 4 is 5.69 Å². The van der Waals surface area contributed by atoms with Crippen molar-refractivity contribution in [3.05, 3.63) is 42.2 Å². The molecule has 1 aromatic heterocycles. The van der Waals surface area contributed by atoms with Crippen LogP contribution < -0.4 is 5.32 Å². The van der Waals surface area contributed by atoms with Gasteiger partial charge >= 0.3 is 0 Å². The number of hydrogen-bond donors (Lipinski definition) is 2. The molecular formula is C12H14FN3O. The summed E-state index contributed by atoms with van der Waals surface area (Å²) >= 11 is 0. The highest BCUT2D eigenvalue weighted by molar-refractivity contribution is 5.40. The van der Waals surface area contributed by atoms with Crippen LogP contribution in [-0.2, 0) is 13.1 Å². The Bertz CT molecular complexity index is 484. The highest BCUT2D eigenvalue weighted by Gasteiger charge is 1.99. The number of benzene rings is 1. The molecule has 5 heteroatoms. The third kappa shape index (κ3) is 3.21. The molecule has 0 aliphatic carbocycles. The number of aryl methyl sites for hydroxylation is 1. The van der Waals surface area contributed by atoms with E-state index in [1.807, 2.05) is 6.07 Å². The summed E-state index contributed by atoms with van der Waals surface area (Å²) in [7, 11) is 0. The van der Waals surface area contributed by atoms with Crippen molar-refractivity contribution in [2.45, 2.75) is 13.1 Å². The minimum Gasteiger partial charge on any atom is -0.508 e. The number of aromatic nitrogens is 2. The van der Waals surface area contributed by atoms with Crippen LogP contribution >= 0.6 is 0 Å². The Labute approximate surface area is 98.7 Å². The van der Waals surface area contributed by atoms with Crippen LogP contribution in [-0.4, -0.2) is 21.6 Å². The maximum Gasteiger partial charge on any atom is 0.115 e. The quantitative estimate of drug-likeness (QED) is 0.835. The van der Waals surface area contributed by atoms with Gasteiger partial charge in [-0.15, -0.1) is 0 Å². The highest BCUT2D eigenvalue weighted by Crippen LogP contribution is 2.13. The number of nitrogens with zero attached hydrogens (tertiary/aromatic N) is 2.